The van der Waals surface area contributed by atoms with E-state index in [0.717, 1.165) is 31.3 Å². The van der Waals surface area contributed by atoms with Gasteiger partial charge in [0.2, 0.25) is 0 Å². The molecule has 0 spiro atoms. The highest BCUT2D eigenvalue weighted by molar-refractivity contribution is 6.09. The van der Waals surface area contributed by atoms with Gasteiger partial charge in [-0.15, -0.1) is 0 Å². The van der Waals surface area contributed by atoms with Crippen molar-refractivity contribution in [2.45, 2.75) is 45.1 Å². The Labute approximate surface area is 172 Å². The SMILES string of the molecule is C=C(C)COc1cccc(C(=O)Nc2ccccc2C(=O)NC2CCCCC2)c1. The van der Waals surface area contributed by atoms with Crippen LogP contribution in [0, 0.1) is 0 Å². The number of ether oxygens (including phenoxy) is 1. The molecule has 2 aromatic rings. The minimum atomic E-state index is -0.288. The second-order valence-electron chi connectivity index (χ2n) is 7.58. The van der Waals surface area contributed by atoms with Gasteiger partial charge in [0.05, 0.1) is 11.3 Å². The largest absolute Gasteiger partial charge is 0.489 e. The molecule has 0 bridgehead atoms. The molecule has 0 heterocycles. The van der Waals surface area contributed by atoms with Gasteiger partial charge in [-0.1, -0.05) is 44.0 Å². The van der Waals surface area contributed by atoms with Crippen LogP contribution < -0.4 is 15.4 Å². The Morgan fingerprint density at radius 1 is 1.03 bits per heavy atom. The molecule has 0 aliphatic heterocycles. The van der Waals surface area contributed by atoms with Crippen LogP contribution in [0.4, 0.5) is 5.69 Å². The highest BCUT2D eigenvalue weighted by Crippen LogP contribution is 2.21. The molecule has 0 aromatic heterocycles. The number of nitrogens with one attached hydrogen (secondary N) is 2. The standard InChI is InChI=1S/C24H28N2O3/c1-17(2)16-29-20-12-8-9-18(15-20)23(27)26-22-14-7-6-13-21(22)24(28)25-19-10-4-3-5-11-19/h6-9,12-15,19H,1,3-5,10-11,16H2,2H3,(H,25,28)(H,26,27). The van der Waals surface area contributed by atoms with Crippen LogP contribution in [0.1, 0.15) is 59.7 Å². The third-order valence-electron chi connectivity index (χ3n) is 4.94. The first-order chi connectivity index (χ1) is 14.0. The Morgan fingerprint density at radius 2 is 1.79 bits per heavy atom. The number of carbonyl (C=O) groups is 2. The van der Waals surface area contributed by atoms with Crippen LogP contribution in [0.3, 0.4) is 0 Å². The summed E-state index contributed by atoms with van der Waals surface area (Å²) < 4.78 is 5.61. The quantitative estimate of drug-likeness (QED) is 0.655. The van der Waals surface area contributed by atoms with Crippen LogP contribution in [0.25, 0.3) is 0 Å². The second-order valence-corrected chi connectivity index (χ2v) is 7.58. The van der Waals surface area contributed by atoms with Gasteiger partial charge in [-0.3, -0.25) is 9.59 Å². The van der Waals surface area contributed by atoms with Crippen LogP contribution in [0.5, 0.6) is 5.75 Å². The van der Waals surface area contributed by atoms with Crippen molar-refractivity contribution < 1.29 is 14.3 Å². The third kappa shape index (κ3) is 5.95. The lowest BCUT2D eigenvalue weighted by atomic mass is 9.95. The maximum Gasteiger partial charge on any atom is 0.255 e. The molecule has 2 aromatic carbocycles. The lowest BCUT2D eigenvalue weighted by Crippen LogP contribution is -2.36. The number of hydrogen-bond acceptors (Lipinski definition) is 3. The van der Waals surface area contributed by atoms with Crippen molar-refractivity contribution in [1.29, 1.82) is 0 Å². The molecule has 5 heteroatoms. The van der Waals surface area contributed by atoms with Crippen LogP contribution in [-0.2, 0) is 0 Å². The zero-order valence-electron chi connectivity index (χ0n) is 16.9. The lowest BCUT2D eigenvalue weighted by Gasteiger charge is -2.23. The Kier molecular flexibility index (Phi) is 7.06. The first-order valence-corrected chi connectivity index (χ1v) is 10.1. The summed E-state index contributed by atoms with van der Waals surface area (Å²) in [5.74, 6) is 0.166. The second kappa shape index (κ2) is 9.92. The van der Waals surface area contributed by atoms with Gasteiger partial charge < -0.3 is 15.4 Å². The fourth-order valence-corrected chi connectivity index (χ4v) is 3.43. The average Bonchev–Trinajstić information content (AvgIpc) is 2.73. The molecule has 0 radical (unpaired) electrons. The molecule has 2 N–H and O–H groups in total. The molecule has 0 atom stereocenters. The summed E-state index contributed by atoms with van der Waals surface area (Å²) in [6, 6.07) is 14.3. The summed E-state index contributed by atoms with van der Waals surface area (Å²) in [7, 11) is 0. The van der Waals surface area contributed by atoms with Crippen molar-refractivity contribution in [3.05, 3.63) is 71.8 Å². The number of hydrogen-bond donors (Lipinski definition) is 2. The fourth-order valence-electron chi connectivity index (χ4n) is 3.43. The van der Waals surface area contributed by atoms with Gasteiger partial charge in [-0.05, 0) is 55.7 Å². The smallest absolute Gasteiger partial charge is 0.255 e. The van der Waals surface area contributed by atoms with Crippen molar-refractivity contribution in [2.75, 3.05) is 11.9 Å². The lowest BCUT2D eigenvalue weighted by molar-refractivity contribution is 0.0928. The van der Waals surface area contributed by atoms with Gasteiger partial charge in [-0.2, -0.15) is 0 Å². The van der Waals surface area contributed by atoms with Crippen LogP contribution in [0.2, 0.25) is 0 Å². The average molecular weight is 392 g/mol. The summed E-state index contributed by atoms with van der Waals surface area (Å²) >= 11 is 0. The normalized spacial score (nSPS) is 14.1. The fraction of sp³-hybridized carbons (Fsp3) is 0.333. The first-order valence-electron chi connectivity index (χ1n) is 10.1. The number of carbonyl (C=O) groups excluding carboxylic acids is 2. The maximum absolute atomic E-state index is 12.8. The highest BCUT2D eigenvalue weighted by Gasteiger charge is 2.19. The molecule has 1 aliphatic rings. The van der Waals surface area contributed by atoms with E-state index >= 15 is 0 Å². The third-order valence-corrected chi connectivity index (χ3v) is 4.94. The maximum atomic E-state index is 12.8. The van der Waals surface area contributed by atoms with E-state index in [0.29, 0.717) is 29.2 Å². The van der Waals surface area contributed by atoms with Crippen LogP contribution >= 0.6 is 0 Å². The highest BCUT2D eigenvalue weighted by atomic mass is 16.5. The summed E-state index contributed by atoms with van der Waals surface area (Å²) in [6.45, 7) is 6.09. The zero-order valence-corrected chi connectivity index (χ0v) is 16.9. The van der Waals surface area contributed by atoms with Crippen LogP contribution in [-0.4, -0.2) is 24.5 Å². The van der Waals surface area contributed by atoms with E-state index in [1.807, 2.05) is 6.92 Å². The van der Waals surface area contributed by atoms with E-state index in [1.165, 1.54) is 6.42 Å². The van der Waals surface area contributed by atoms with Gasteiger partial charge in [0.25, 0.3) is 11.8 Å². The minimum Gasteiger partial charge on any atom is -0.489 e. The molecule has 0 unspecified atom stereocenters. The molecule has 1 fully saturated rings. The Morgan fingerprint density at radius 3 is 2.55 bits per heavy atom. The first kappa shape index (κ1) is 20.6. The molecule has 0 saturated heterocycles. The van der Waals surface area contributed by atoms with E-state index in [4.69, 9.17) is 4.74 Å². The molecule has 29 heavy (non-hydrogen) atoms. The number of anilines is 1. The van der Waals surface area contributed by atoms with Crippen LogP contribution in [0.15, 0.2) is 60.7 Å². The van der Waals surface area contributed by atoms with Crippen molar-refractivity contribution >= 4 is 17.5 Å². The van der Waals surface area contributed by atoms with E-state index in [2.05, 4.69) is 17.2 Å². The number of para-hydroxylation sites is 1. The van der Waals surface area contributed by atoms with Gasteiger partial charge in [0, 0.05) is 11.6 Å². The molecule has 152 valence electrons. The predicted octanol–water partition coefficient (Wildman–Crippen LogP) is 4.96. The van der Waals surface area contributed by atoms with E-state index in [9.17, 15) is 9.59 Å². The van der Waals surface area contributed by atoms with Crippen molar-refractivity contribution in [2.24, 2.45) is 0 Å². The van der Waals surface area contributed by atoms with Gasteiger partial charge in [0.1, 0.15) is 12.4 Å². The Balaban J connectivity index is 1.70. The topological polar surface area (TPSA) is 67.4 Å². The molecular formula is C24H28N2O3. The molecule has 1 aliphatic carbocycles. The molecule has 3 rings (SSSR count). The number of rotatable bonds is 7. The summed E-state index contributed by atoms with van der Waals surface area (Å²) in [6.07, 6.45) is 5.54. The Bertz CT molecular complexity index is 885. The zero-order chi connectivity index (χ0) is 20.6. The molecule has 2 amide bonds. The van der Waals surface area contributed by atoms with E-state index in [1.54, 1.807) is 48.5 Å². The molecular weight excluding hydrogens is 364 g/mol. The van der Waals surface area contributed by atoms with E-state index in [-0.39, 0.29) is 17.9 Å². The summed E-state index contributed by atoms with van der Waals surface area (Å²) in [4.78, 5) is 25.5. The van der Waals surface area contributed by atoms with Crippen molar-refractivity contribution in [1.82, 2.24) is 5.32 Å². The number of benzene rings is 2. The van der Waals surface area contributed by atoms with Gasteiger partial charge in [-0.25, -0.2) is 0 Å². The number of amides is 2. The van der Waals surface area contributed by atoms with Gasteiger partial charge in [0.15, 0.2) is 0 Å². The minimum absolute atomic E-state index is 0.147. The molecule has 5 nitrogen and oxygen atoms in total. The van der Waals surface area contributed by atoms with Crippen molar-refractivity contribution in [3.63, 3.8) is 0 Å². The predicted molar refractivity (Wildman–Crippen MR) is 115 cm³/mol. The summed E-state index contributed by atoms with van der Waals surface area (Å²) in [5.41, 5.74) is 2.34. The summed E-state index contributed by atoms with van der Waals surface area (Å²) in [5, 5.41) is 5.97. The van der Waals surface area contributed by atoms with E-state index < -0.39 is 0 Å². The monoisotopic (exact) mass is 392 g/mol. The van der Waals surface area contributed by atoms with Gasteiger partial charge >= 0.3 is 0 Å². The molecule has 1 saturated carbocycles. The Hall–Kier alpha value is -3.08. The van der Waals surface area contributed by atoms with Crippen molar-refractivity contribution in [3.8, 4) is 5.75 Å².